The van der Waals surface area contributed by atoms with Crippen LogP contribution in [0.2, 0.25) is 0 Å². The minimum absolute atomic E-state index is 0.144. The van der Waals surface area contributed by atoms with E-state index in [1.807, 2.05) is 29.2 Å². The number of benzene rings is 1. The number of hydrogen-bond acceptors (Lipinski definition) is 3. The van der Waals surface area contributed by atoms with Gasteiger partial charge in [-0.3, -0.25) is 9.48 Å². The highest BCUT2D eigenvalue weighted by molar-refractivity contribution is 5.82. The number of para-hydroxylation sites is 1. The van der Waals surface area contributed by atoms with Gasteiger partial charge in [0.05, 0.1) is 11.7 Å². The lowest BCUT2D eigenvalue weighted by Crippen LogP contribution is -2.47. The molecule has 0 aliphatic carbocycles. The van der Waals surface area contributed by atoms with Crippen molar-refractivity contribution in [1.29, 1.82) is 0 Å². The molecular formula is C13H16N4O. The van der Waals surface area contributed by atoms with Crippen molar-refractivity contribution in [3.8, 4) is 0 Å². The van der Waals surface area contributed by atoms with Crippen molar-refractivity contribution >= 4 is 16.8 Å². The normalized spacial score (nSPS) is 16.1. The van der Waals surface area contributed by atoms with E-state index in [1.165, 1.54) is 0 Å². The third kappa shape index (κ3) is 2.09. The lowest BCUT2D eigenvalue weighted by molar-refractivity contribution is -0.132. The van der Waals surface area contributed by atoms with Crippen LogP contribution in [0.1, 0.15) is 0 Å². The smallest absolute Gasteiger partial charge is 0.244 e. The van der Waals surface area contributed by atoms with Crippen molar-refractivity contribution in [3.63, 3.8) is 0 Å². The summed E-state index contributed by atoms with van der Waals surface area (Å²) >= 11 is 0. The lowest BCUT2D eigenvalue weighted by Gasteiger charge is -2.27. The van der Waals surface area contributed by atoms with Crippen LogP contribution in [0, 0.1) is 0 Å². The fourth-order valence-electron chi connectivity index (χ4n) is 2.29. The van der Waals surface area contributed by atoms with Gasteiger partial charge in [0.1, 0.15) is 6.54 Å². The van der Waals surface area contributed by atoms with E-state index in [9.17, 15) is 4.79 Å². The Kier molecular flexibility index (Phi) is 2.98. The van der Waals surface area contributed by atoms with Crippen molar-refractivity contribution in [2.75, 3.05) is 26.2 Å². The maximum atomic E-state index is 12.1. The molecule has 0 radical (unpaired) electrons. The predicted molar refractivity (Wildman–Crippen MR) is 69.2 cm³/mol. The number of fused-ring (bicyclic) bond motifs is 1. The van der Waals surface area contributed by atoms with Crippen LogP contribution >= 0.6 is 0 Å². The van der Waals surface area contributed by atoms with E-state index in [0.29, 0.717) is 6.54 Å². The average molecular weight is 244 g/mol. The van der Waals surface area contributed by atoms with E-state index in [1.54, 1.807) is 10.9 Å². The van der Waals surface area contributed by atoms with E-state index >= 15 is 0 Å². The molecule has 5 nitrogen and oxygen atoms in total. The van der Waals surface area contributed by atoms with Gasteiger partial charge in [-0.1, -0.05) is 18.2 Å². The Balaban J connectivity index is 1.77. The monoisotopic (exact) mass is 244 g/mol. The molecule has 94 valence electrons. The number of rotatable bonds is 2. The maximum Gasteiger partial charge on any atom is 0.244 e. The summed E-state index contributed by atoms with van der Waals surface area (Å²) in [6.45, 7) is 3.67. The van der Waals surface area contributed by atoms with E-state index < -0.39 is 0 Å². The van der Waals surface area contributed by atoms with E-state index in [-0.39, 0.29) is 5.91 Å². The third-order valence-corrected chi connectivity index (χ3v) is 3.31. The number of aromatic nitrogens is 2. The second kappa shape index (κ2) is 4.78. The fraction of sp³-hybridized carbons (Fsp3) is 0.385. The van der Waals surface area contributed by atoms with Crippen LogP contribution in [0.4, 0.5) is 0 Å². The van der Waals surface area contributed by atoms with Gasteiger partial charge in [-0.05, 0) is 6.07 Å². The molecule has 0 atom stereocenters. The van der Waals surface area contributed by atoms with Crippen LogP contribution in [0.3, 0.4) is 0 Å². The van der Waals surface area contributed by atoms with Crippen LogP contribution in [-0.2, 0) is 11.3 Å². The van der Waals surface area contributed by atoms with Gasteiger partial charge in [-0.15, -0.1) is 0 Å². The summed E-state index contributed by atoms with van der Waals surface area (Å²) in [6, 6.07) is 7.95. The highest BCUT2D eigenvalue weighted by Gasteiger charge is 2.17. The number of carbonyl (C=O) groups is 1. The third-order valence-electron chi connectivity index (χ3n) is 3.31. The van der Waals surface area contributed by atoms with Crippen LogP contribution in [0.5, 0.6) is 0 Å². The van der Waals surface area contributed by atoms with Gasteiger partial charge in [-0.25, -0.2) is 0 Å². The number of piperazine rings is 1. The van der Waals surface area contributed by atoms with Gasteiger partial charge >= 0.3 is 0 Å². The zero-order valence-corrected chi connectivity index (χ0v) is 10.2. The maximum absolute atomic E-state index is 12.1. The first kappa shape index (κ1) is 11.2. The van der Waals surface area contributed by atoms with Gasteiger partial charge in [0, 0.05) is 31.6 Å². The zero-order valence-electron chi connectivity index (χ0n) is 10.2. The van der Waals surface area contributed by atoms with Gasteiger partial charge in [0.2, 0.25) is 5.91 Å². The Hall–Kier alpha value is -1.88. The number of amides is 1. The van der Waals surface area contributed by atoms with Crippen molar-refractivity contribution < 1.29 is 4.79 Å². The molecule has 5 heteroatoms. The van der Waals surface area contributed by atoms with Crippen LogP contribution < -0.4 is 5.32 Å². The first-order valence-electron chi connectivity index (χ1n) is 6.23. The summed E-state index contributed by atoms with van der Waals surface area (Å²) in [5, 5.41) is 8.60. The topological polar surface area (TPSA) is 50.2 Å². The zero-order chi connectivity index (χ0) is 12.4. The molecule has 0 saturated carbocycles. The van der Waals surface area contributed by atoms with E-state index in [0.717, 1.165) is 37.1 Å². The molecule has 1 aliphatic rings. The van der Waals surface area contributed by atoms with Gasteiger partial charge in [0.25, 0.3) is 0 Å². The SMILES string of the molecule is O=C(Cn1ncc2ccccc21)N1CCNCC1. The van der Waals surface area contributed by atoms with Crippen LogP contribution in [0.25, 0.3) is 10.9 Å². The number of carbonyl (C=O) groups excluding carboxylic acids is 1. The average Bonchev–Trinajstić information content (AvgIpc) is 2.83. The molecule has 1 fully saturated rings. The summed E-state index contributed by atoms with van der Waals surface area (Å²) in [4.78, 5) is 14.0. The van der Waals surface area contributed by atoms with Gasteiger partial charge in [-0.2, -0.15) is 5.10 Å². The summed E-state index contributed by atoms with van der Waals surface area (Å²) in [5.74, 6) is 0.144. The summed E-state index contributed by atoms with van der Waals surface area (Å²) in [6.07, 6.45) is 1.81. The van der Waals surface area contributed by atoms with Crippen LogP contribution in [0.15, 0.2) is 30.5 Å². The minimum atomic E-state index is 0.144. The number of hydrogen-bond donors (Lipinski definition) is 1. The summed E-state index contributed by atoms with van der Waals surface area (Å²) in [5.41, 5.74) is 1.01. The molecular weight excluding hydrogens is 228 g/mol. The lowest BCUT2D eigenvalue weighted by atomic mass is 10.2. The minimum Gasteiger partial charge on any atom is -0.339 e. The number of nitrogens with zero attached hydrogens (tertiary/aromatic N) is 3. The second-order valence-corrected chi connectivity index (χ2v) is 4.49. The van der Waals surface area contributed by atoms with Crippen molar-refractivity contribution in [2.45, 2.75) is 6.54 Å². The first-order chi connectivity index (χ1) is 8.84. The standard InChI is InChI=1S/C13H16N4O/c18-13(16-7-5-14-6-8-16)10-17-12-4-2-1-3-11(12)9-15-17/h1-4,9,14H,5-8,10H2. The fourth-order valence-corrected chi connectivity index (χ4v) is 2.29. The highest BCUT2D eigenvalue weighted by Crippen LogP contribution is 2.12. The molecule has 3 rings (SSSR count). The Morgan fingerprint density at radius 3 is 2.89 bits per heavy atom. The van der Waals surface area contributed by atoms with E-state index in [4.69, 9.17) is 0 Å². The van der Waals surface area contributed by atoms with Gasteiger partial charge in [0.15, 0.2) is 0 Å². The molecule has 18 heavy (non-hydrogen) atoms. The Morgan fingerprint density at radius 2 is 2.06 bits per heavy atom. The largest absolute Gasteiger partial charge is 0.339 e. The molecule has 1 aliphatic heterocycles. The summed E-state index contributed by atoms with van der Waals surface area (Å²) < 4.78 is 1.78. The predicted octanol–water partition coefficient (Wildman–Crippen LogP) is 0.468. The molecule has 0 bridgehead atoms. The van der Waals surface area contributed by atoms with Crippen molar-refractivity contribution in [2.24, 2.45) is 0 Å². The molecule has 0 spiro atoms. The Morgan fingerprint density at radius 1 is 1.28 bits per heavy atom. The van der Waals surface area contributed by atoms with Crippen molar-refractivity contribution in [1.82, 2.24) is 20.0 Å². The van der Waals surface area contributed by atoms with Gasteiger partial charge < -0.3 is 10.2 Å². The Labute approximate surface area is 105 Å². The molecule has 2 heterocycles. The molecule has 1 saturated heterocycles. The number of nitrogens with one attached hydrogen (secondary N) is 1. The quantitative estimate of drug-likeness (QED) is 0.835. The molecule has 1 amide bonds. The van der Waals surface area contributed by atoms with Crippen LogP contribution in [-0.4, -0.2) is 46.8 Å². The van der Waals surface area contributed by atoms with E-state index in [2.05, 4.69) is 10.4 Å². The molecule has 2 aromatic rings. The molecule has 1 aromatic carbocycles. The molecule has 1 N–H and O–H groups in total. The Bertz CT molecular complexity index is 557. The van der Waals surface area contributed by atoms with Crippen molar-refractivity contribution in [3.05, 3.63) is 30.5 Å². The highest BCUT2D eigenvalue weighted by atomic mass is 16.2. The molecule has 1 aromatic heterocycles. The summed E-state index contributed by atoms with van der Waals surface area (Å²) in [7, 11) is 0. The molecule has 0 unspecified atom stereocenters. The second-order valence-electron chi connectivity index (χ2n) is 4.49. The first-order valence-corrected chi connectivity index (χ1v) is 6.23.